The predicted octanol–water partition coefficient (Wildman–Crippen LogP) is 2.22. The maximum atomic E-state index is 12.5. The fraction of sp³-hybridized carbons (Fsp3) is 0.571. The summed E-state index contributed by atoms with van der Waals surface area (Å²) in [7, 11) is 0. The van der Waals surface area contributed by atoms with Gasteiger partial charge in [-0.25, -0.2) is 0 Å². The Morgan fingerprint density at radius 2 is 1.78 bits per heavy atom. The summed E-state index contributed by atoms with van der Waals surface area (Å²) in [6, 6.07) is 8.12. The molecule has 3 fully saturated rings. The van der Waals surface area contributed by atoms with Crippen LogP contribution < -0.4 is 10.2 Å². The zero-order valence-electron chi connectivity index (χ0n) is 15.7. The molecule has 4 rings (SSSR count). The molecular weight excluding hydrogens is 342 g/mol. The Hall–Kier alpha value is -2.37. The third-order valence-electron chi connectivity index (χ3n) is 6.08. The van der Waals surface area contributed by atoms with Crippen molar-refractivity contribution in [1.82, 2.24) is 10.2 Å². The smallest absolute Gasteiger partial charge is 0.227 e. The van der Waals surface area contributed by atoms with Gasteiger partial charge in [0, 0.05) is 44.2 Å². The number of carbonyl (C=O) groups is 3. The van der Waals surface area contributed by atoms with E-state index in [9.17, 15) is 14.4 Å². The van der Waals surface area contributed by atoms with Crippen LogP contribution in [0.3, 0.4) is 0 Å². The van der Waals surface area contributed by atoms with Gasteiger partial charge >= 0.3 is 0 Å². The first-order chi connectivity index (χ1) is 13.1. The number of hydrogen-bond donors (Lipinski definition) is 1. The highest BCUT2D eigenvalue weighted by Gasteiger charge is 2.38. The van der Waals surface area contributed by atoms with Crippen LogP contribution in [0.4, 0.5) is 5.69 Å². The quantitative estimate of drug-likeness (QED) is 0.865. The Morgan fingerprint density at radius 1 is 1.04 bits per heavy atom. The molecule has 1 aromatic carbocycles. The SMILES string of the molecule is O=C(NCc1ccc(N2CCCC2=O)cc1)[C@@H]1CC(=O)N(C2CCCC2)C1. The number of carbonyl (C=O) groups excluding carboxylic acids is 3. The van der Waals surface area contributed by atoms with Gasteiger partial charge in [-0.2, -0.15) is 0 Å². The zero-order valence-corrected chi connectivity index (χ0v) is 15.7. The predicted molar refractivity (Wildman–Crippen MR) is 102 cm³/mol. The van der Waals surface area contributed by atoms with Crippen molar-refractivity contribution in [1.29, 1.82) is 0 Å². The molecule has 144 valence electrons. The maximum Gasteiger partial charge on any atom is 0.227 e. The number of nitrogens with one attached hydrogen (secondary N) is 1. The summed E-state index contributed by atoms with van der Waals surface area (Å²) in [5.41, 5.74) is 1.91. The molecule has 0 bridgehead atoms. The van der Waals surface area contributed by atoms with Crippen molar-refractivity contribution in [3.63, 3.8) is 0 Å². The minimum absolute atomic E-state index is 0.0392. The Balaban J connectivity index is 1.29. The highest BCUT2D eigenvalue weighted by Crippen LogP contribution is 2.29. The molecule has 6 nitrogen and oxygen atoms in total. The van der Waals surface area contributed by atoms with E-state index in [2.05, 4.69) is 5.32 Å². The average Bonchev–Trinajstić information content (AvgIpc) is 3.41. The molecular formula is C21H27N3O3. The number of likely N-dealkylation sites (tertiary alicyclic amines) is 1. The van der Waals surface area contributed by atoms with Gasteiger partial charge in [0.05, 0.1) is 5.92 Å². The summed E-state index contributed by atoms with van der Waals surface area (Å²) in [4.78, 5) is 40.3. The first kappa shape index (κ1) is 18.0. The first-order valence-corrected chi connectivity index (χ1v) is 10.1. The van der Waals surface area contributed by atoms with Crippen molar-refractivity contribution >= 4 is 23.4 Å². The molecule has 3 aliphatic rings. The van der Waals surface area contributed by atoms with E-state index in [-0.39, 0.29) is 23.6 Å². The van der Waals surface area contributed by atoms with Gasteiger partial charge in [-0.3, -0.25) is 14.4 Å². The zero-order chi connectivity index (χ0) is 18.8. The van der Waals surface area contributed by atoms with Gasteiger partial charge in [-0.1, -0.05) is 25.0 Å². The van der Waals surface area contributed by atoms with E-state index >= 15 is 0 Å². The molecule has 6 heteroatoms. The minimum Gasteiger partial charge on any atom is -0.352 e. The highest BCUT2D eigenvalue weighted by atomic mass is 16.2. The minimum atomic E-state index is -0.236. The van der Waals surface area contributed by atoms with Crippen LogP contribution >= 0.6 is 0 Å². The van der Waals surface area contributed by atoms with Crippen molar-refractivity contribution < 1.29 is 14.4 Å². The summed E-state index contributed by atoms with van der Waals surface area (Å²) in [6.45, 7) is 1.79. The van der Waals surface area contributed by atoms with Gasteiger partial charge in [0.2, 0.25) is 17.7 Å². The van der Waals surface area contributed by atoms with E-state index in [0.717, 1.165) is 37.1 Å². The first-order valence-electron chi connectivity index (χ1n) is 10.1. The molecule has 2 aliphatic heterocycles. The Labute approximate surface area is 159 Å². The second kappa shape index (κ2) is 7.71. The number of amides is 3. The summed E-state index contributed by atoms with van der Waals surface area (Å²) in [5.74, 6) is 0.0256. The molecule has 1 aliphatic carbocycles. The summed E-state index contributed by atoms with van der Waals surface area (Å²) >= 11 is 0. The summed E-state index contributed by atoms with van der Waals surface area (Å²) in [5, 5.41) is 2.97. The van der Waals surface area contributed by atoms with Crippen LogP contribution in [0.25, 0.3) is 0 Å². The van der Waals surface area contributed by atoms with E-state index in [0.29, 0.717) is 32.0 Å². The lowest BCUT2D eigenvalue weighted by Gasteiger charge is -2.23. The Kier molecular flexibility index (Phi) is 5.14. The van der Waals surface area contributed by atoms with Crippen LogP contribution in [0.5, 0.6) is 0 Å². The highest BCUT2D eigenvalue weighted by molar-refractivity contribution is 5.95. The van der Waals surface area contributed by atoms with Crippen molar-refractivity contribution in [2.75, 3.05) is 18.0 Å². The largest absolute Gasteiger partial charge is 0.352 e. The molecule has 2 saturated heterocycles. The molecule has 1 N–H and O–H groups in total. The number of nitrogens with zero attached hydrogens (tertiary/aromatic N) is 2. The van der Waals surface area contributed by atoms with E-state index in [4.69, 9.17) is 0 Å². The Morgan fingerprint density at radius 3 is 2.44 bits per heavy atom. The van der Waals surface area contributed by atoms with Crippen LogP contribution in [0.1, 0.15) is 50.5 Å². The van der Waals surface area contributed by atoms with E-state index < -0.39 is 0 Å². The number of hydrogen-bond acceptors (Lipinski definition) is 3. The molecule has 1 atom stereocenters. The van der Waals surface area contributed by atoms with Gasteiger partial charge in [0.1, 0.15) is 0 Å². The van der Waals surface area contributed by atoms with Crippen LogP contribution in [0.15, 0.2) is 24.3 Å². The molecule has 2 heterocycles. The molecule has 27 heavy (non-hydrogen) atoms. The van der Waals surface area contributed by atoms with Gasteiger partial charge < -0.3 is 15.1 Å². The van der Waals surface area contributed by atoms with E-state index in [1.54, 1.807) is 0 Å². The van der Waals surface area contributed by atoms with Gasteiger partial charge in [-0.15, -0.1) is 0 Å². The van der Waals surface area contributed by atoms with Crippen molar-refractivity contribution in [3.8, 4) is 0 Å². The van der Waals surface area contributed by atoms with Gasteiger partial charge in [0.25, 0.3) is 0 Å². The number of rotatable bonds is 5. The van der Waals surface area contributed by atoms with E-state index in [1.807, 2.05) is 34.1 Å². The molecule has 0 radical (unpaired) electrons. The van der Waals surface area contributed by atoms with Gasteiger partial charge in [0.15, 0.2) is 0 Å². The fourth-order valence-electron chi connectivity index (χ4n) is 4.52. The van der Waals surface area contributed by atoms with Crippen molar-refractivity contribution in [2.45, 2.75) is 57.5 Å². The summed E-state index contributed by atoms with van der Waals surface area (Å²) in [6.07, 6.45) is 6.38. The number of anilines is 1. The lowest BCUT2D eigenvalue weighted by molar-refractivity contribution is -0.130. The van der Waals surface area contributed by atoms with Crippen LogP contribution in [-0.4, -0.2) is 41.8 Å². The second-order valence-corrected chi connectivity index (χ2v) is 7.92. The topological polar surface area (TPSA) is 69.7 Å². The molecule has 1 aromatic rings. The Bertz CT molecular complexity index is 725. The van der Waals surface area contributed by atoms with Crippen molar-refractivity contribution in [3.05, 3.63) is 29.8 Å². The van der Waals surface area contributed by atoms with Crippen molar-refractivity contribution in [2.24, 2.45) is 5.92 Å². The second-order valence-electron chi connectivity index (χ2n) is 7.92. The molecule has 0 spiro atoms. The van der Waals surface area contributed by atoms with Crippen LogP contribution in [0, 0.1) is 5.92 Å². The third kappa shape index (κ3) is 3.84. The average molecular weight is 369 g/mol. The standard InChI is InChI=1S/C21H27N3O3/c25-19-6-3-11-23(19)18-9-7-15(8-10-18)13-22-21(27)16-12-20(26)24(14-16)17-4-1-2-5-17/h7-10,16-17H,1-6,11-14H2,(H,22,27)/t16-/m1/s1. The van der Waals surface area contributed by atoms with Crippen LogP contribution in [0.2, 0.25) is 0 Å². The number of benzene rings is 1. The normalized spacial score (nSPS) is 23.5. The fourth-order valence-corrected chi connectivity index (χ4v) is 4.52. The molecule has 1 saturated carbocycles. The third-order valence-corrected chi connectivity index (χ3v) is 6.08. The lowest BCUT2D eigenvalue weighted by Crippen LogP contribution is -2.36. The lowest BCUT2D eigenvalue weighted by atomic mass is 10.1. The molecule has 3 amide bonds. The van der Waals surface area contributed by atoms with Gasteiger partial charge in [-0.05, 0) is 37.0 Å². The van der Waals surface area contributed by atoms with Crippen LogP contribution in [-0.2, 0) is 20.9 Å². The maximum absolute atomic E-state index is 12.5. The monoisotopic (exact) mass is 369 g/mol. The van der Waals surface area contributed by atoms with E-state index in [1.165, 1.54) is 12.8 Å². The molecule has 0 aromatic heterocycles. The summed E-state index contributed by atoms with van der Waals surface area (Å²) < 4.78 is 0. The molecule has 0 unspecified atom stereocenters.